The van der Waals surface area contributed by atoms with E-state index in [-0.39, 0.29) is 5.92 Å². The first kappa shape index (κ1) is 21.7. The van der Waals surface area contributed by atoms with Crippen molar-refractivity contribution in [3.8, 4) is 0 Å². The van der Waals surface area contributed by atoms with E-state index < -0.39 is 6.10 Å². The van der Waals surface area contributed by atoms with Crippen LogP contribution < -0.4 is 5.73 Å². The second-order valence-electron chi connectivity index (χ2n) is 5.11. The summed E-state index contributed by atoms with van der Waals surface area (Å²) in [5.41, 5.74) is 5.39. The molecule has 3 N–H and O–H groups in total. The number of rotatable bonds is 17. The molecule has 0 spiro atoms. The Morgan fingerprint density at radius 1 is 0.818 bits per heavy atom. The van der Waals surface area contributed by atoms with E-state index in [4.69, 9.17) is 29.4 Å². The Bertz CT molecular complexity index is 208. The zero-order chi connectivity index (χ0) is 16.5. The Morgan fingerprint density at radius 3 is 1.86 bits per heavy atom. The minimum atomic E-state index is -0.528. The van der Waals surface area contributed by atoms with Gasteiger partial charge in [-0.25, -0.2) is 0 Å². The number of hydrogen-bond donors (Lipinski definition) is 2. The Morgan fingerprint density at radius 2 is 1.36 bits per heavy atom. The van der Waals surface area contributed by atoms with Gasteiger partial charge >= 0.3 is 0 Å². The van der Waals surface area contributed by atoms with E-state index in [1.807, 2.05) is 0 Å². The average Bonchev–Trinajstić information content (AvgIpc) is 2.52. The Kier molecular flexibility index (Phi) is 16.9. The fourth-order valence-corrected chi connectivity index (χ4v) is 1.83. The molecule has 0 aliphatic heterocycles. The summed E-state index contributed by atoms with van der Waals surface area (Å²) < 4.78 is 26.3. The van der Waals surface area contributed by atoms with Crippen LogP contribution in [0.2, 0.25) is 0 Å². The summed E-state index contributed by atoms with van der Waals surface area (Å²) >= 11 is 0. The van der Waals surface area contributed by atoms with Crippen LogP contribution in [0.3, 0.4) is 0 Å². The van der Waals surface area contributed by atoms with E-state index >= 15 is 0 Å². The van der Waals surface area contributed by atoms with Crippen molar-refractivity contribution >= 4 is 0 Å². The molecule has 0 bridgehead atoms. The molecule has 0 radical (unpaired) electrons. The van der Waals surface area contributed by atoms with Crippen LogP contribution >= 0.6 is 0 Å². The Balaban J connectivity index is 3.91. The minimum Gasteiger partial charge on any atom is -0.391 e. The number of hydrogen-bond acceptors (Lipinski definition) is 7. The maximum atomic E-state index is 10.0. The average molecular weight is 323 g/mol. The molecule has 22 heavy (non-hydrogen) atoms. The summed E-state index contributed by atoms with van der Waals surface area (Å²) in [4.78, 5) is 0. The van der Waals surface area contributed by atoms with Crippen LogP contribution in [-0.4, -0.2) is 84.8 Å². The molecule has 0 aliphatic carbocycles. The highest BCUT2D eigenvalue weighted by Gasteiger charge is 2.16. The largest absolute Gasteiger partial charge is 0.391 e. The monoisotopic (exact) mass is 323 g/mol. The second-order valence-corrected chi connectivity index (χ2v) is 5.11. The van der Waals surface area contributed by atoms with Gasteiger partial charge in [-0.05, 0) is 19.4 Å². The van der Waals surface area contributed by atoms with Gasteiger partial charge in [-0.2, -0.15) is 0 Å². The van der Waals surface area contributed by atoms with Gasteiger partial charge in [0.25, 0.3) is 0 Å². The smallest absolute Gasteiger partial charge is 0.0778 e. The third-order valence-corrected chi connectivity index (χ3v) is 2.98. The highest BCUT2D eigenvalue weighted by Crippen LogP contribution is 2.09. The second kappa shape index (κ2) is 17.1. The van der Waals surface area contributed by atoms with Crippen LogP contribution in [0.4, 0.5) is 0 Å². The van der Waals surface area contributed by atoms with Crippen molar-refractivity contribution in [1.29, 1.82) is 0 Å². The van der Waals surface area contributed by atoms with Gasteiger partial charge in [0, 0.05) is 26.7 Å². The first-order valence-electron chi connectivity index (χ1n) is 7.83. The third kappa shape index (κ3) is 14.6. The number of aliphatic hydroxyl groups is 1. The highest BCUT2D eigenvalue weighted by molar-refractivity contribution is 4.65. The molecule has 0 fully saturated rings. The number of aliphatic hydroxyl groups excluding tert-OH is 1. The molecule has 1 atom stereocenters. The molecule has 7 nitrogen and oxygen atoms in total. The predicted molar refractivity (Wildman–Crippen MR) is 84.0 cm³/mol. The van der Waals surface area contributed by atoms with Crippen molar-refractivity contribution in [2.45, 2.75) is 18.9 Å². The van der Waals surface area contributed by atoms with E-state index in [1.54, 1.807) is 14.2 Å². The standard InChI is InChI=1S/C15H33NO6/c1-18-6-8-21-11-14(12-22-9-7-19-2)10-15(17)13-20-5-3-4-16/h14-15,17H,3-13,16H2,1-2H3. The van der Waals surface area contributed by atoms with Crippen molar-refractivity contribution in [2.75, 3.05) is 73.6 Å². The van der Waals surface area contributed by atoms with Crippen molar-refractivity contribution in [2.24, 2.45) is 11.7 Å². The van der Waals surface area contributed by atoms with Gasteiger partial charge in [0.1, 0.15) is 0 Å². The van der Waals surface area contributed by atoms with Gasteiger partial charge < -0.3 is 34.5 Å². The normalized spacial score (nSPS) is 13.0. The lowest BCUT2D eigenvalue weighted by molar-refractivity contribution is -0.0238. The Labute approximate surface area is 134 Å². The molecule has 0 aromatic rings. The molecule has 1 unspecified atom stereocenters. The zero-order valence-electron chi connectivity index (χ0n) is 14.0. The maximum absolute atomic E-state index is 10.0. The summed E-state index contributed by atoms with van der Waals surface area (Å²) in [6, 6.07) is 0. The molecule has 0 saturated heterocycles. The van der Waals surface area contributed by atoms with Gasteiger partial charge in [0.2, 0.25) is 0 Å². The van der Waals surface area contributed by atoms with Crippen molar-refractivity contribution in [1.82, 2.24) is 0 Å². The van der Waals surface area contributed by atoms with Gasteiger partial charge in [-0.15, -0.1) is 0 Å². The van der Waals surface area contributed by atoms with E-state index in [0.717, 1.165) is 6.42 Å². The fraction of sp³-hybridized carbons (Fsp3) is 1.00. The molecular formula is C15H33NO6. The first-order chi connectivity index (χ1) is 10.7. The highest BCUT2D eigenvalue weighted by atomic mass is 16.5. The quantitative estimate of drug-likeness (QED) is 0.365. The van der Waals surface area contributed by atoms with Crippen LogP contribution in [0, 0.1) is 5.92 Å². The summed E-state index contributed by atoms with van der Waals surface area (Å²) in [6.07, 6.45) is 0.846. The number of nitrogens with two attached hydrogens (primary N) is 1. The topological polar surface area (TPSA) is 92.4 Å². The molecule has 0 saturated carbocycles. The lowest BCUT2D eigenvalue weighted by atomic mass is 10.0. The van der Waals surface area contributed by atoms with Crippen LogP contribution in [0.15, 0.2) is 0 Å². The molecule has 0 aromatic carbocycles. The summed E-state index contributed by atoms with van der Waals surface area (Å²) in [6.45, 7) is 4.72. The summed E-state index contributed by atoms with van der Waals surface area (Å²) in [7, 11) is 3.27. The van der Waals surface area contributed by atoms with E-state index in [9.17, 15) is 5.11 Å². The molecule has 0 rings (SSSR count). The summed E-state index contributed by atoms with van der Waals surface area (Å²) in [5, 5.41) is 10.0. The molecule has 0 aromatic heterocycles. The van der Waals surface area contributed by atoms with Crippen molar-refractivity contribution in [3.63, 3.8) is 0 Å². The third-order valence-electron chi connectivity index (χ3n) is 2.98. The van der Waals surface area contributed by atoms with E-state index in [0.29, 0.717) is 65.8 Å². The zero-order valence-corrected chi connectivity index (χ0v) is 14.0. The van der Waals surface area contributed by atoms with Gasteiger partial charge in [0.15, 0.2) is 0 Å². The van der Waals surface area contributed by atoms with Gasteiger partial charge in [-0.1, -0.05) is 0 Å². The van der Waals surface area contributed by atoms with Crippen LogP contribution in [0.5, 0.6) is 0 Å². The minimum absolute atomic E-state index is 0.113. The lowest BCUT2D eigenvalue weighted by Crippen LogP contribution is -2.26. The molecule has 0 heterocycles. The molecule has 0 aliphatic rings. The van der Waals surface area contributed by atoms with Crippen molar-refractivity contribution < 1.29 is 28.8 Å². The fourth-order valence-electron chi connectivity index (χ4n) is 1.83. The lowest BCUT2D eigenvalue weighted by Gasteiger charge is -2.20. The summed E-state index contributed by atoms with van der Waals surface area (Å²) in [5.74, 6) is 0.113. The van der Waals surface area contributed by atoms with Crippen molar-refractivity contribution in [3.05, 3.63) is 0 Å². The molecular weight excluding hydrogens is 290 g/mol. The number of ether oxygens (including phenoxy) is 5. The van der Waals surface area contributed by atoms with E-state index in [2.05, 4.69) is 0 Å². The van der Waals surface area contributed by atoms with Crippen LogP contribution in [0.1, 0.15) is 12.8 Å². The Hall–Kier alpha value is -0.280. The molecule has 0 amide bonds. The predicted octanol–water partition coefficient (Wildman–Crippen LogP) is 0.0450. The SMILES string of the molecule is COCCOCC(COCCOC)CC(O)COCCCN. The maximum Gasteiger partial charge on any atom is 0.0778 e. The van der Waals surface area contributed by atoms with Gasteiger partial charge in [-0.3, -0.25) is 0 Å². The molecule has 7 heteroatoms. The first-order valence-corrected chi connectivity index (χ1v) is 7.83. The van der Waals surface area contributed by atoms with E-state index in [1.165, 1.54) is 0 Å². The van der Waals surface area contributed by atoms with Gasteiger partial charge in [0.05, 0.1) is 52.4 Å². The van der Waals surface area contributed by atoms with Crippen LogP contribution in [-0.2, 0) is 23.7 Å². The van der Waals surface area contributed by atoms with Crippen LogP contribution in [0.25, 0.3) is 0 Å². The number of methoxy groups -OCH3 is 2. The molecule has 134 valence electrons.